The molecule has 0 saturated carbocycles. The molecule has 0 atom stereocenters. The number of hydrogen-bond acceptors (Lipinski definition) is 5. The average molecular weight is 246 g/mol. The average Bonchev–Trinajstić information content (AvgIpc) is 2.57. The van der Waals surface area contributed by atoms with Gasteiger partial charge in [-0.15, -0.1) is 0 Å². The lowest BCUT2D eigenvalue weighted by atomic mass is 10.3. The Labute approximate surface area is 93.3 Å². The maximum absolute atomic E-state index is 11.2. The third-order valence-corrected chi connectivity index (χ3v) is 3.81. The van der Waals surface area contributed by atoms with Gasteiger partial charge in [-0.3, -0.25) is 9.48 Å². The van der Waals surface area contributed by atoms with Crippen LogP contribution in [0.1, 0.15) is 17.3 Å². The van der Waals surface area contributed by atoms with Gasteiger partial charge in [0.25, 0.3) is 5.91 Å². The largest absolute Gasteiger partial charge is 0.382 e. The number of aryl methyl sites for hydroxylation is 1. The van der Waals surface area contributed by atoms with Gasteiger partial charge in [-0.2, -0.15) is 5.10 Å². The van der Waals surface area contributed by atoms with E-state index in [1.165, 1.54) is 10.9 Å². The molecule has 1 aromatic rings. The summed E-state index contributed by atoms with van der Waals surface area (Å²) in [5.74, 6) is -0.626. The molecule has 0 saturated heterocycles. The van der Waals surface area contributed by atoms with Crippen LogP contribution in [0.4, 0.5) is 5.82 Å². The standard InChI is InChI=1S/C8H14N4O3S/c1-2-16(14,15)4-3-12-5-6(8(10)13)7(9)11-12/h5H,2-4H2,1H3,(H2,9,11)(H2,10,13). The van der Waals surface area contributed by atoms with Crippen molar-refractivity contribution in [3.8, 4) is 0 Å². The molecule has 0 fully saturated rings. The van der Waals surface area contributed by atoms with E-state index in [0.717, 1.165) is 0 Å². The Morgan fingerprint density at radius 3 is 2.62 bits per heavy atom. The molecule has 16 heavy (non-hydrogen) atoms. The molecular formula is C8H14N4O3S. The van der Waals surface area contributed by atoms with E-state index < -0.39 is 15.7 Å². The molecule has 0 unspecified atom stereocenters. The quantitative estimate of drug-likeness (QED) is 0.690. The lowest BCUT2D eigenvalue weighted by molar-refractivity contribution is 0.100. The summed E-state index contributed by atoms with van der Waals surface area (Å²) in [7, 11) is -3.06. The van der Waals surface area contributed by atoms with Gasteiger partial charge >= 0.3 is 0 Å². The predicted molar refractivity (Wildman–Crippen MR) is 59.5 cm³/mol. The maximum atomic E-state index is 11.2. The van der Waals surface area contributed by atoms with Crippen molar-refractivity contribution in [3.05, 3.63) is 11.8 Å². The Morgan fingerprint density at radius 2 is 2.19 bits per heavy atom. The summed E-state index contributed by atoms with van der Waals surface area (Å²) in [6.07, 6.45) is 1.35. The van der Waals surface area contributed by atoms with E-state index in [1.807, 2.05) is 0 Å². The van der Waals surface area contributed by atoms with E-state index in [2.05, 4.69) is 5.10 Å². The highest BCUT2D eigenvalue weighted by Crippen LogP contribution is 2.07. The molecule has 90 valence electrons. The normalized spacial score (nSPS) is 11.6. The van der Waals surface area contributed by atoms with Gasteiger partial charge in [-0.1, -0.05) is 6.92 Å². The first-order valence-corrected chi connectivity index (χ1v) is 6.51. The highest BCUT2D eigenvalue weighted by Gasteiger charge is 2.13. The van der Waals surface area contributed by atoms with Gasteiger partial charge in [-0.25, -0.2) is 8.42 Å². The topological polar surface area (TPSA) is 121 Å². The number of nitrogens with zero attached hydrogens (tertiary/aromatic N) is 2. The molecule has 0 aliphatic rings. The Balaban J connectivity index is 2.77. The molecule has 7 nitrogen and oxygen atoms in total. The number of aromatic nitrogens is 2. The van der Waals surface area contributed by atoms with Crippen LogP contribution < -0.4 is 11.5 Å². The SMILES string of the molecule is CCS(=O)(=O)CCn1cc(C(N)=O)c(N)n1. The van der Waals surface area contributed by atoms with Crippen LogP contribution in [0.5, 0.6) is 0 Å². The number of anilines is 1. The molecule has 1 heterocycles. The van der Waals surface area contributed by atoms with Crippen molar-refractivity contribution in [2.45, 2.75) is 13.5 Å². The summed E-state index contributed by atoms with van der Waals surface area (Å²) in [5, 5.41) is 3.80. The van der Waals surface area contributed by atoms with Gasteiger partial charge in [0.05, 0.1) is 12.3 Å². The molecular weight excluding hydrogens is 232 g/mol. The monoisotopic (exact) mass is 246 g/mol. The second-order valence-corrected chi connectivity index (χ2v) is 5.76. The molecule has 0 aliphatic heterocycles. The Bertz CT molecular complexity index is 491. The van der Waals surface area contributed by atoms with Crippen LogP contribution in [-0.4, -0.2) is 35.6 Å². The first kappa shape index (κ1) is 12.5. The third-order valence-electron chi connectivity index (χ3n) is 2.13. The second-order valence-electron chi connectivity index (χ2n) is 3.29. The summed E-state index contributed by atoms with van der Waals surface area (Å²) in [4.78, 5) is 10.9. The molecule has 8 heteroatoms. The van der Waals surface area contributed by atoms with Crippen molar-refractivity contribution in [2.75, 3.05) is 17.2 Å². The number of amides is 1. The number of nitrogens with two attached hydrogens (primary N) is 2. The smallest absolute Gasteiger partial charge is 0.254 e. The number of sulfone groups is 1. The molecule has 0 aliphatic carbocycles. The fraction of sp³-hybridized carbons (Fsp3) is 0.500. The summed E-state index contributed by atoms with van der Waals surface area (Å²) in [6.45, 7) is 1.73. The number of rotatable bonds is 5. The van der Waals surface area contributed by atoms with Gasteiger partial charge in [0.1, 0.15) is 5.56 Å². The van der Waals surface area contributed by atoms with Gasteiger partial charge in [-0.05, 0) is 0 Å². The number of nitrogen functional groups attached to an aromatic ring is 1. The second kappa shape index (κ2) is 4.52. The minimum atomic E-state index is -3.06. The van der Waals surface area contributed by atoms with Crippen molar-refractivity contribution >= 4 is 21.6 Å². The zero-order valence-electron chi connectivity index (χ0n) is 8.88. The van der Waals surface area contributed by atoms with E-state index in [9.17, 15) is 13.2 Å². The van der Waals surface area contributed by atoms with Crippen molar-refractivity contribution in [2.24, 2.45) is 5.73 Å². The molecule has 0 bridgehead atoms. The van der Waals surface area contributed by atoms with Crippen LogP contribution in [0.2, 0.25) is 0 Å². The lowest BCUT2D eigenvalue weighted by Crippen LogP contribution is -2.15. The number of primary amides is 1. The van der Waals surface area contributed by atoms with E-state index in [1.54, 1.807) is 6.92 Å². The Hall–Kier alpha value is -1.57. The number of hydrogen-bond donors (Lipinski definition) is 2. The van der Waals surface area contributed by atoms with Crippen molar-refractivity contribution in [1.82, 2.24) is 9.78 Å². The molecule has 4 N–H and O–H groups in total. The Morgan fingerprint density at radius 1 is 1.56 bits per heavy atom. The summed E-state index contributed by atoms with van der Waals surface area (Å²) in [6, 6.07) is 0. The first-order valence-electron chi connectivity index (χ1n) is 4.69. The van der Waals surface area contributed by atoms with E-state index in [4.69, 9.17) is 11.5 Å². The zero-order chi connectivity index (χ0) is 12.3. The first-order chi connectivity index (χ1) is 7.35. The van der Waals surface area contributed by atoms with Gasteiger partial charge in [0.2, 0.25) is 0 Å². The zero-order valence-corrected chi connectivity index (χ0v) is 9.70. The van der Waals surface area contributed by atoms with Crippen molar-refractivity contribution in [1.29, 1.82) is 0 Å². The van der Waals surface area contributed by atoms with E-state index in [-0.39, 0.29) is 29.4 Å². The van der Waals surface area contributed by atoms with Crippen molar-refractivity contribution in [3.63, 3.8) is 0 Å². The minimum Gasteiger partial charge on any atom is -0.382 e. The van der Waals surface area contributed by atoms with Crippen LogP contribution in [0.3, 0.4) is 0 Å². The maximum Gasteiger partial charge on any atom is 0.254 e. The lowest BCUT2D eigenvalue weighted by Gasteiger charge is -2.00. The summed E-state index contributed by atoms with van der Waals surface area (Å²) in [5.41, 5.74) is 10.6. The van der Waals surface area contributed by atoms with E-state index in [0.29, 0.717) is 0 Å². The molecule has 0 radical (unpaired) electrons. The van der Waals surface area contributed by atoms with Crippen LogP contribution >= 0.6 is 0 Å². The highest BCUT2D eigenvalue weighted by atomic mass is 32.2. The summed E-state index contributed by atoms with van der Waals surface area (Å²) < 4.78 is 23.8. The Kier molecular flexibility index (Phi) is 3.53. The fourth-order valence-electron chi connectivity index (χ4n) is 1.12. The van der Waals surface area contributed by atoms with Gasteiger partial charge < -0.3 is 11.5 Å². The number of carbonyl (C=O) groups excluding carboxylic acids is 1. The fourth-order valence-corrected chi connectivity index (χ4v) is 1.87. The highest BCUT2D eigenvalue weighted by molar-refractivity contribution is 7.91. The predicted octanol–water partition coefficient (Wildman–Crippen LogP) is -1.00. The molecule has 1 rings (SSSR count). The van der Waals surface area contributed by atoms with Crippen LogP contribution in [0.25, 0.3) is 0 Å². The van der Waals surface area contributed by atoms with Gasteiger partial charge in [0, 0.05) is 11.9 Å². The van der Waals surface area contributed by atoms with Crippen molar-refractivity contribution < 1.29 is 13.2 Å². The number of carbonyl (C=O) groups is 1. The summed E-state index contributed by atoms with van der Waals surface area (Å²) >= 11 is 0. The molecule has 1 aromatic heterocycles. The van der Waals surface area contributed by atoms with Crippen LogP contribution in [0, 0.1) is 0 Å². The van der Waals surface area contributed by atoms with Gasteiger partial charge in [0.15, 0.2) is 15.7 Å². The third kappa shape index (κ3) is 2.96. The molecule has 1 amide bonds. The van der Waals surface area contributed by atoms with Crippen LogP contribution in [-0.2, 0) is 16.4 Å². The van der Waals surface area contributed by atoms with E-state index >= 15 is 0 Å². The minimum absolute atomic E-state index is 0.0152. The molecule has 0 spiro atoms. The van der Waals surface area contributed by atoms with Crippen LogP contribution in [0.15, 0.2) is 6.20 Å². The molecule has 0 aromatic carbocycles.